The van der Waals surface area contributed by atoms with E-state index < -0.39 is 0 Å². The molecule has 1 aliphatic heterocycles. The average Bonchev–Trinajstić information content (AvgIpc) is 2.53. The minimum Gasteiger partial charge on any atom is -0.392 e. The third kappa shape index (κ3) is 3.96. The van der Waals surface area contributed by atoms with Crippen LogP contribution in [0.1, 0.15) is 39.0 Å². The van der Waals surface area contributed by atoms with Crippen LogP contribution in [-0.2, 0) is 0 Å². The summed E-state index contributed by atoms with van der Waals surface area (Å²) in [6, 6.07) is -0.202. The van der Waals surface area contributed by atoms with E-state index in [0.717, 1.165) is 32.4 Å². The topological polar surface area (TPSA) is 58.4 Å². The van der Waals surface area contributed by atoms with Gasteiger partial charge >= 0.3 is 6.03 Å². The van der Waals surface area contributed by atoms with Crippen LogP contribution < -0.4 is 11.1 Å². The molecule has 1 unspecified atom stereocenters. The van der Waals surface area contributed by atoms with E-state index in [1.807, 2.05) is 11.8 Å². The molecule has 1 atom stereocenters. The number of rotatable bonds is 3. The van der Waals surface area contributed by atoms with Gasteiger partial charge in [0.1, 0.15) is 0 Å². The van der Waals surface area contributed by atoms with Gasteiger partial charge in [-0.1, -0.05) is 32.0 Å². The fourth-order valence-electron chi connectivity index (χ4n) is 1.89. The number of carbonyl (C=O) groups is 1. The molecule has 0 aromatic heterocycles. The molecule has 0 bridgehead atoms. The predicted octanol–water partition coefficient (Wildman–Crippen LogP) is 1.64. The summed E-state index contributed by atoms with van der Waals surface area (Å²) in [5, 5.41) is 2.88. The van der Waals surface area contributed by atoms with Crippen molar-refractivity contribution >= 4 is 23.2 Å². The molecule has 0 aromatic rings. The highest BCUT2D eigenvalue weighted by atomic mass is 32.1. The molecule has 1 aliphatic rings. The average molecular weight is 243 g/mol. The number of nitrogens with one attached hydrogen (secondary N) is 1. The zero-order valence-corrected chi connectivity index (χ0v) is 10.7. The van der Waals surface area contributed by atoms with Gasteiger partial charge in [0.05, 0.1) is 11.0 Å². The second-order valence-corrected chi connectivity index (χ2v) is 4.69. The number of hydrogen-bond acceptors (Lipinski definition) is 2. The lowest BCUT2D eigenvalue weighted by Crippen LogP contribution is -2.49. The molecule has 1 rings (SSSR count). The van der Waals surface area contributed by atoms with Crippen molar-refractivity contribution in [3.63, 3.8) is 0 Å². The first-order chi connectivity index (χ1) is 7.65. The van der Waals surface area contributed by atoms with E-state index >= 15 is 0 Å². The van der Waals surface area contributed by atoms with Gasteiger partial charge < -0.3 is 16.0 Å². The highest BCUT2D eigenvalue weighted by molar-refractivity contribution is 7.80. The third-order valence-electron chi connectivity index (χ3n) is 2.94. The fourth-order valence-corrected chi connectivity index (χ4v) is 2.11. The van der Waals surface area contributed by atoms with Gasteiger partial charge in [-0.15, -0.1) is 0 Å². The van der Waals surface area contributed by atoms with Crippen LogP contribution in [0.15, 0.2) is 0 Å². The van der Waals surface area contributed by atoms with Crippen molar-refractivity contribution < 1.29 is 4.79 Å². The van der Waals surface area contributed by atoms with Gasteiger partial charge in [0.2, 0.25) is 0 Å². The largest absolute Gasteiger partial charge is 0.392 e. The van der Waals surface area contributed by atoms with E-state index in [1.165, 1.54) is 12.8 Å². The Labute approximate surface area is 103 Å². The maximum absolute atomic E-state index is 11.9. The minimum absolute atomic E-state index is 0.0263. The highest BCUT2D eigenvalue weighted by Gasteiger charge is 2.19. The van der Waals surface area contributed by atoms with Crippen molar-refractivity contribution in [2.45, 2.75) is 45.1 Å². The molecule has 2 amide bonds. The van der Waals surface area contributed by atoms with Crippen molar-refractivity contribution in [2.75, 3.05) is 13.1 Å². The lowest BCUT2D eigenvalue weighted by atomic mass is 10.2. The van der Waals surface area contributed by atoms with Gasteiger partial charge in [-0.05, 0) is 19.3 Å². The van der Waals surface area contributed by atoms with Crippen molar-refractivity contribution in [3.05, 3.63) is 0 Å². The second-order valence-electron chi connectivity index (χ2n) is 4.21. The zero-order chi connectivity index (χ0) is 12.0. The molecule has 0 radical (unpaired) electrons. The predicted molar refractivity (Wildman–Crippen MR) is 69.4 cm³/mol. The van der Waals surface area contributed by atoms with E-state index in [1.54, 1.807) is 0 Å². The summed E-state index contributed by atoms with van der Waals surface area (Å²) in [6.07, 6.45) is 5.37. The van der Waals surface area contributed by atoms with Crippen LogP contribution in [0.4, 0.5) is 4.79 Å². The van der Waals surface area contributed by atoms with Gasteiger partial charge in [0, 0.05) is 13.1 Å². The highest BCUT2D eigenvalue weighted by Crippen LogP contribution is 2.09. The number of amides is 2. The van der Waals surface area contributed by atoms with Crippen molar-refractivity contribution in [1.29, 1.82) is 0 Å². The maximum atomic E-state index is 11.9. The Balaban J connectivity index is 2.46. The minimum atomic E-state index is -0.175. The lowest BCUT2D eigenvalue weighted by Gasteiger charge is -2.24. The summed E-state index contributed by atoms with van der Waals surface area (Å²) >= 11 is 4.91. The van der Waals surface area contributed by atoms with Gasteiger partial charge in [0.15, 0.2) is 0 Å². The molecule has 4 nitrogen and oxygen atoms in total. The van der Waals surface area contributed by atoms with Crippen LogP contribution in [0, 0.1) is 0 Å². The number of carbonyl (C=O) groups excluding carboxylic acids is 1. The fraction of sp³-hybridized carbons (Fsp3) is 0.818. The van der Waals surface area contributed by atoms with E-state index in [0.29, 0.717) is 4.99 Å². The number of nitrogens with two attached hydrogens (primary N) is 1. The number of nitrogens with zero attached hydrogens (tertiary/aromatic N) is 1. The number of urea groups is 1. The number of thiocarbonyl (C=S) groups is 1. The Morgan fingerprint density at radius 3 is 2.38 bits per heavy atom. The molecule has 1 fully saturated rings. The van der Waals surface area contributed by atoms with E-state index in [9.17, 15) is 4.79 Å². The van der Waals surface area contributed by atoms with E-state index in [2.05, 4.69) is 5.32 Å². The first-order valence-corrected chi connectivity index (χ1v) is 6.40. The molecular formula is C11H21N3OS. The third-order valence-corrected chi connectivity index (χ3v) is 3.23. The molecule has 5 heteroatoms. The standard InChI is InChI=1S/C11H21N3OS/c1-2-9(10(12)16)13-11(15)14-7-5-3-4-6-8-14/h9H,2-8H2,1H3,(H2,12,16)(H,13,15). The summed E-state index contributed by atoms with van der Waals surface area (Å²) in [5.41, 5.74) is 5.55. The van der Waals surface area contributed by atoms with Crippen LogP contribution in [-0.4, -0.2) is 35.1 Å². The Bertz CT molecular complexity index is 250. The number of likely N-dealkylation sites (tertiary alicyclic amines) is 1. The van der Waals surface area contributed by atoms with Crippen molar-refractivity contribution in [3.8, 4) is 0 Å². The SMILES string of the molecule is CCC(NC(=O)N1CCCCCC1)C(N)=S. The van der Waals surface area contributed by atoms with Crippen LogP contribution in [0.5, 0.6) is 0 Å². The van der Waals surface area contributed by atoms with Crippen LogP contribution in [0.25, 0.3) is 0 Å². The van der Waals surface area contributed by atoms with Crippen LogP contribution >= 0.6 is 12.2 Å². The molecule has 0 aromatic carbocycles. The van der Waals surface area contributed by atoms with E-state index in [4.69, 9.17) is 18.0 Å². The molecule has 0 saturated carbocycles. The first kappa shape index (κ1) is 13.2. The summed E-state index contributed by atoms with van der Waals surface area (Å²) in [5.74, 6) is 0. The monoisotopic (exact) mass is 243 g/mol. The summed E-state index contributed by atoms with van der Waals surface area (Å²) < 4.78 is 0. The Kier molecular flexibility index (Phi) is 5.52. The van der Waals surface area contributed by atoms with Crippen LogP contribution in [0.2, 0.25) is 0 Å². The normalized spacial score (nSPS) is 18.7. The molecule has 3 N–H and O–H groups in total. The van der Waals surface area contributed by atoms with Gasteiger partial charge in [-0.3, -0.25) is 0 Å². The molecular weight excluding hydrogens is 222 g/mol. The molecule has 1 heterocycles. The Hall–Kier alpha value is -0.840. The molecule has 92 valence electrons. The van der Waals surface area contributed by atoms with Crippen molar-refractivity contribution in [2.24, 2.45) is 5.73 Å². The lowest BCUT2D eigenvalue weighted by molar-refractivity contribution is 0.198. The van der Waals surface area contributed by atoms with Gasteiger partial charge in [-0.2, -0.15) is 0 Å². The van der Waals surface area contributed by atoms with Gasteiger partial charge in [-0.25, -0.2) is 4.79 Å². The molecule has 16 heavy (non-hydrogen) atoms. The molecule has 1 saturated heterocycles. The summed E-state index contributed by atoms with van der Waals surface area (Å²) in [4.78, 5) is 14.2. The zero-order valence-electron chi connectivity index (χ0n) is 9.87. The summed E-state index contributed by atoms with van der Waals surface area (Å²) in [7, 11) is 0. The maximum Gasteiger partial charge on any atom is 0.317 e. The summed E-state index contributed by atoms with van der Waals surface area (Å²) in [6.45, 7) is 3.66. The first-order valence-electron chi connectivity index (χ1n) is 6.00. The smallest absolute Gasteiger partial charge is 0.317 e. The van der Waals surface area contributed by atoms with E-state index in [-0.39, 0.29) is 12.1 Å². The Morgan fingerprint density at radius 2 is 1.94 bits per heavy atom. The molecule has 0 spiro atoms. The quantitative estimate of drug-likeness (QED) is 0.741. The second kappa shape index (κ2) is 6.68. The van der Waals surface area contributed by atoms with Crippen LogP contribution in [0.3, 0.4) is 0 Å². The Morgan fingerprint density at radius 1 is 1.38 bits per heavy atom. The molecule has 0 aliphatic carbocycles. The van der Waals surface area contributed by atoms with Crippen molar-refractivity contribution in [1.82, 2.24) is 10.2 Å². The number of hydrogen-bond donors (Lipinski definition) is 2. The van der Waals surface area contributed by atoms with Gasteiger partial charge in [0.25, 0.3) is 0 Å².